The van der Waals surface area contributed by atoms with Crippen molar-refractivity contribution in [3.05, 3.63) is 0 Å². The van der Waals surface area contributed by atoms with Crippen LogP contribution in [0.4, 0.5) is 0 Å². The van der Waals surface area contributed by atoms with Crippen LogP contribution >= 0.6 is 0 Å². The Morgan fingerprint density at radius 3 is 2.65 bits per heavy atom. The molecule has 1 rings (SSSR count). The standard InChI is InChI=1S/C13H23N3O/c1-10(2)12(7-14)13(17)16(4)9-11-5-6-15(3)8-11/h10-12H,5-6,8-9H2,1-4H3. The second kappa shape index (κ2) is 6.02. The number of nitriles is 1. The molecule has 4 nitrogen and oxygen atoms in total. The summed E-state index contributed by atoms with van der Waals surface area (Å²) in [4.78, 5) is 16.1. The van der Waals surface area contributed by atoms with E-state index in [1.165, 1.54) is 0 Å². The number of amides is 1. The second-order valence-corrected chi connectivity index (χ2v) is 5.49. The molecule has 1 aliphatic heterocycles. The fraction of sp³-hybridized carbons (Fsp3) is 0.846. The van der Waals surface area contributed by atoms with Crippen LogP contribution in [-0.2, 0) is 4.79 Å². The minimum atomic E-state index is -0.501. The van der Waals surface area contributed by atoms with E-state index in [9.17, 15) is 4.79 Å². The van der Waals surface area contributed by atoms with E-state index >= 15 is 0 Å². The number of carbonyl (C=O) groups excluding carboxylic acids is 1. The molecule has 0 aromatic carbocycles. The highest BCUT2D eigenvalue weighted by molar-refractivity contribution is 5.81. The van der Waals surface area contributed by atoms with Crippen molar-refractivity contribution in [3.63, 3.8) is 0 Å². The largest absolute Gasteiger partial charge is 0.344 e. The Bertz CT molecular complexity index is 308. The average molecular weight is 237 g/mol. The van der Waals surface area contributed by atoms with Gasteiger partial charge < -0.3 is 9.80 Å². The SMILES string of the molecule is CC(C)C(C#N)C(=O)N(C)CC1CCN(C)C1. The van der Waals surface area contributed by atoms with Crippen molar-refractivity contribution >= 4 is 5.91 Å². The highest BCUT2D eigenvalue weighted by Gasteiger charge is 2.28. The first kappa shape index (κ1) is 14.0. The molecule has 0 bridgehead atoms. The highest BCUT2D eigenvalue weighted by Crippen LogP contribution is 2.18. The molecule has 4 heteroatoms. The fourth-order valence-corrected chi connectivity index (χ4v) is 2.38. The van der Waals surface area contributed by atoms with E-state index in [0.717, 1.165) is 26.1 Å². The normalized spacial score (nSPS) is 22.5. The van der Waals surface area contributed by atoms with Crippen LogP contribution in [0.1, 0.15) is 20.3 Å². The number of likely N-dealkylation sites (tertiary alicyclic amines) is 1. The molecule has 0 aliphatic carbocycles. The first-order valence-electron chi connectivity index (χ1n) is 6.28. The first-order valence-corrected chi connectivity index (χ1v) is 6.28. The lowest BCUT2D eigenvalue weighted by molar-refractivity contribution is -0.134. The van der Waals surface area contributed by atoms with E-state index in [0.29, 0.717) is 5.92 Å². The molecule has 0 aromatic heterocycles. The average Bonchev–Trinajstić information content (AvgIpc) is 2.64. The molecule has 96 valence electrons. The highest BCUT2D eigenvalue weighted by atomic mass is 16.2. The molecule has 17 heavy (non-hydrogen) atoms. The predicted octanol–water partition coefficient (Wildman–Crippen LogP) is 1.19. The van der Waals surface area contributed by atoms with Gasteiger partial charge in [0.15, 0.2) is 0 Å². The Hall–Kier alpha value is -1.08. The molecule has 1 amide bonds. The van der Waals surface area contributed by atoms with Gasteiger partial charge in [0, 0.05) is 20.1 Å². The van der Waals surface area contributed by atoms with Gasteiger partial charge in [-0.25, -0.2) is 0 Å². The summed E-state index contributed by atoms with van der Waals surface area (Å²) >= 11 is 0. The summed E-state index contributed by atoms with van der Waals surface area (Å²) in [7, 11) is 3.92. The topological polar surface area (TPSA) is 47.3 Å². The number of hydrogen-bond donors (Lipinski definition) is 0. The summed E-state index contributed by atoms with van der Waals surface area (Å²) in [5.74, 6) is 0.109. The van der Waals surface area contributed by atoms with Crippen molar-refractivity contribution in [1.29, 1.82) is 5.26 Å². The molecule has 0 saturated carbocycles. The van der Waals surface area contributed by atoms with Gasteiger partial charge in [-0.1, -0.05) is 13.8 Å². The molecule has 1 heterocycles. The van der Waals surface area contributed by atoms with Crippen LogP contribution in [-0.4, -0.2) is 49.4 Å². The zero-order valence-corrected chi connectivity index (χ0v) is 11.3. The maximum atomic E-state index is 12.1. The number of nitrogens with zero attached hydrogens (tertiary/aromatic N) is 3. The molecule has 0 aromatic rings. The Balaban J connectivity index is 2.49. The Morgan fingerprint density at radius 1 is 1.59 bits per heavy atom. The molecule has 2 atom stereocenters. The molecule has 1 fully saturated rings. The van der Waals surface area contributed by atoms with E-state index < -0.39 is 5.92 Å². The fourth-order valence-electron chi connectivity index (χ4n) is 2.38. The second-order valence-electron chi connectivity index (χ2n) is 5.49. The monoisotopic (exact) mass is 237 g/mol. The molecule has 1 saturated heterocycles. The van der Waals surface area contributed by atoms with Crippen LogP contribution in [0.15, 0.2) is 0 Å². The van der Waals surface area contributed by atoms with Crippen LogP contribution in [0.5, 0.6) is 0 Å². The quantitative estimate of drug-likeness (QED) is 0.738. The third-order valence-electron chi connectivity index (χ3n) is 3.47. The molecular formula is C13H23N3O. The Morgan fingerprint density at radius 2 is 2.24 bits per heavy atom. The van der Waals surface area contributed by atoms with E-state index in [1.54, 1.807) is 4.90 Å². The molecule has 0 spiro atoms. The van der Waals surface area contributed by atoms with Crippen molar-refractivity contribution in [2.75, 3.05) is 33.7 Å². The van der Waals surface area contributed by atoms with E-state index in [-0.39, 0.29) is 11.8 Å². The number of rotatable bonds is 4. The van der Waals surface area contributed by atoms with Crippen molar-refractivity contribution in [2.45, 2.75) is 20.3 Å². The first-order chi connectivity index (χ1) is 7.95. The summed E-state index contributed by atoms with van der Waals surface area (Å²) in [5.41, 5.74) is 0. The minimum absolute atomic E-state index is 0.0305. The van der Waals surface area contributed by atoms with Crippen molar-refractivity contribution < 1.29 is 4.79 Å². The lowest BCUT2D eigenvalue weighted by atomic mass is 9.95. The smallest absolute Gasteiger partial charge is 0.239 e. The molecule has 2 unspecified atom stereocenters. The number of hydrogen-bond acceptors (Lipinski definition) is 3. The van der Waals surface area contributed by atoms with Crippen LogP contribution in [0.2, 0.25) is 0 Å². The summed E-state index contributed by atoms with van der Waals surface area (Å²) in [5, 5.41) is 9.01. The van der Waals surface area contributed by atoms with Crippen molar-refractivity contribution in [3.8, 4) is 6.07 Å². The summed E-state index contributed by atoms with van der Waals surface area (Å²) in [6.07, 6.45) is 1.15. The zero-order valence-electron chi connectivity index (χ0n) is 11.3. The van der Waals surface area contributed by atoms with Crippen molar-refractivity contribution in [1.82, 2.24) is 9.80 Å². The Kier molecular flexibility index (Phi) is 4.95. The van der Waals surface area contributed by atoms with Gasteiger partial charge in [0.25, 0.3) is 0 Å². The van der Waals surface area contributed by atoms with Crippen molar-refractivity contribution in [2.24, 2.45) is 17.8 Å². The molecular weight excluding hydrogens is 214 g/mol. The van der Waals surface area contributed by atoms with E-state index in [4.69, 9.17) is 5.26 Å². The summed E-state index contributed by atoms with van der Waals surface area (Å²) in [6.45, 7) is 6.77. The van der Waals surface area contributed by atoms with Gasteiger partial charge in [0.1, 0.15) is 5.92 Å². The number of carbonyl (C=O) groups is 1. The van der Waals surface area contributed by atoms with Crippen LogP contribution < -0.4 is 0 Å². The maximum Gasteiger partial charge on any atom is 0.239 e. The van der Waals surface area contributed by atoms with Crippen LogP contribution in [0.3, 0.4) is 0 Å². The Labute approximate surface area is 104 Å². The van der Waals surface area contributed by atoms with Crippen LogP contribution in [0.25, 0.3) is 0 Å². The van der Waals surface area contributed by atoms with E-state index in [1.807, 2.05) is 20.9 Å². The van der Waals surface area contributed by atoms with Gasteiger partial charge in [0.05, 0.1) is 6.07 Å². The predicted molar refractivity (Wildman–Crippen MR) is 67.2 cm³/mol. The third-order valence-corrected chi connectivity index (χ3v) is 3.47. The van der Waals surface area contributed by atoms with E-state index in [2.05, 4.69) is 18.0 Å². The lowest BCUT2D eigenvalue weighted by Crippen LogP contribution is -2.38. The third kappa shape index (κ3) is 3.71. The molecule has 1 aliphatic rings. The van der Waals surface area contributed by atoms with Gasteiger partial charge in [0.2, 0.25) is 5.91 Å². The van der Waals surface area contributed by atoms with Gasteiger partial charge in [-0.2, -0.15) is 5.26 Å². The molecule has 0 radical (unpaired) electrons. The van der Waals surface area contributed by atoms with Gasteiger partial charge in [-0.3, -0.25) is 4.79 Å². The minimum Gasteiger partial charge on any atom is -0.344 e. The zero-order chi connectivity index (χ0) is 13.0. The molecule has 0 N–H and O–H groups in total. The summed E-state index contributed by atoms with van der Waals surface area (Å²) < 4.78 is 0. The lowest BCUT2D eigenvalue weighted by Gasteiger charge is -2.24. The van der Waals surface area contributed by atoms with Crippen LogP contribution in [0, 0.1) is 29.1 Å². The van der Waals surface area contributed by atoms with Gasteiger partial charge >= 0.3 is 0 Å². The van der Waals surface area contributed by atoms with Gasteiger partial charge in [-0.05, 0) is 31.8 Å². The van der Waals surface area contributed by atoms with Gasteiger partial charge in [-0.15, -0.1) is 0 Å². The maximum absolute atomic E-state index is 12.1. The summed E-state index contributed by atoms with van der Waals surface area (Å²) in [6, 6.07) is 2.11.